The zero-order valence-corrected chi connectivity index (χ0v) is 18.2. The molecule has 8 heteroatoms. The second-order valence-corrected chi connectivity index (χ2v) is 7.64. The van der Waals surface area contributed by atoms with Gasteiger partial charge in [0.25, 0.3) is 0 Å². The highest BCUT2D eigenvalue weighted by atomic mass is 19.1. The third-order valence-electron chi connectivity index (χ3n) is 5.59. The summed E-state index contributed by atoms with van der Waals surface area (Å²) in [4.78, 5) is 6.73. The Morgan fingerprint density at radius 2 is 1.84 bits per heavy atom. The lowest BCUT2D eigenvalue weighted by Gasteiger charge is -2.35. The number of ether oxygens (including phenoxy) is 1. The molecule has 2 aromatic carbocycles. The highest BCUT2D eigenvalue weighted by Gasteiger charge is 2.23. The van der Waals surface area contributed by atoms with Crippen molar-refractivity contribution in [1.82, 2.24) is 25.3 Å². The number of rotatable bonds is 7. The van der Waals surface area contributed by atoms with E-state index in [9.17, 15) is 4.39 Å². The molecule has 1 aliphatic rings. The van der Waals surface area contributed by atoms with E-state index in [1.54, 1.807) is 13.2 Å². The van der Waals surface area contributed by atoms with Gasteiger partial charge in [-0.15, -0.1) is 0 Å². The molecule has 0 radical (unpaired) electrons. The van der Waals surface area contributed by atoms with Crippen molar-refractivity contribution in [3.63, 3.8) is 0 Å². The Balaban J connectivity index is 1.35. The van der Waals surface area contributed by atoms with Crippen LogP contribution in [-0.2, 0) is 11.3 Å². The van der Waals surface area contributed by atoms with Crippen molar-refractivity contribution in [2.75, 3.05) is 39.9 Å². The average molecular weight is 437 g/mol. The van der Waals surface area contributed by atoms with Crippen LogP contribution in [0.3, 0.4) is 0 Å². The van der Waals surface area contributed by atoms with Crippen LogP contribution in [0.1, 0.15) is 17.2 Å². The molecule has 2 N–H and O–H groups in total. The van der Waals surface area contributed by atoms with Crippen LogP contribution in [0.4, 0.5) is 4.39 Å². The first kappa shape index (κ1) is 22.0. The van der Waals surface area contributed by atoms with Gasteiger partial charge in [-0.1, -0.05) is 24.3 Å². The van der Waals surface area contributed by atoms with Crippen molar-refractivity contribution in [2.24, 2.45) is 4.99 Å². The first-order valence-corrected chi connectivity index (χ1v) is 10.8. The van der Waals surface area contributed by atoms with Crippen LogP contribution in [0.5, 0.6) is 0 Å². The topological polar surface area (TPSA) is 66.7 Å². The minimum absolute atomic E-state index is 0.103. The van der Waals surface area contributed by atoms with Crippen molar-refractivity contribution >= 4 is 5.96 Å². The maximum atomic E-state index is 13.4. The molecular formula is C24H29FN6O. The molecule has 0 bridgehead atoms. The molecule has 0 amide bonds. The van der Waals surface area contributed by atoms with E-state index < -0.39 is 0 Å². The Bertz CT molecular complexity index is 982. The summed E-state index contributed by atoms with van der Waals surface area (Å²) in [5.41, 5.74) is 3.24. The van der Waals surface area contributed by atoms with Crippen molar-refractivity contribution in [3.05, 3.63) is 83.9 Å². The molecule has 0 aliphatic carbocycles. The molecule has 1 aliphatic heterocycles. The average Bonchev–Trinajstić information content (AvgIpc) is 3.38. The van der Waals surface area contributed by atoms with Crippen molar-refractivity contribution < 1.29 is 9.13 Å². The van der Waals surface area contributed by atoms with Gasteiger partial charge < -0.3 is 15.4 Å². The molecule has 1 saturated heterocycles. The summed E-state index contributed by atoms with van der Waals surface area (Å²) in [7, 11) is 1.76. The second-order valence-electron chi connectivity index (χ2n) is 7.64. The van der Waals surface area contributed by atoms with Crippen LogP contribution in [0, 0.1) is 5.82 Å². The van der Waals surface area contributed by atoms with Gasteiger partial charge >= 0.3 is 0 Å². The van der Waals surface area contributed by atoms with Crippen LogP contribution in [0.15, 0.2) is 72.0 Å². The fourth-order valence-electron chi connectivity index (χ4n) is 3.82. The van der Waals surface area contributed by atoms with Crippen LogP contribution in [0.2, 0.25) is 0 Å². The number of guanidine groups is 1. The monoisotopic (exact) mass is 436 g/mol. The number of aliphatic imine (C=N–C) groups is 1. The summed E-state index contributed by atoms with van der Waals surface area (Å²) >= 11 is 0. The van der Waals surface area contributed by atoms with Gasteiger partial charge in [0, 0.05) is 45.6 Å². The number of hydrogen-bond donors (Lipinski definition) is 2. The van der Waals surface area contributed by atoms with Gasteiger partial charge in [-0.05, 0) is 41.5 Å². The lowest BCUT2D eigenvalue weighted by molar-refractivity contribution is 0.0170. The standard InChI is InChI=1S/C24H29FN6O/c1-26-24(27-17-19-3-9-22(10-4-19)31-12-2-11-29-31)28-18-23(30-13-15-32-16-14-30)20-5-7-21(25)8-6-20/h2-12,23H,13-18H2,1H3,(H2,26,27,28). The number of hydrogen-bond acceptors (Lipinski definition) is 4. The van der Waals surface area contributed by atoms with E-state index in [4.69, 9.17) is 4.74 Å². The first-order valence-electron chi connectivity index (χ1n) is 10.8. The van der Waals surface area contributed by atoms with Crippen LogP contribution >= 0.6 is 0 Å². The van der Waals surface area contributed by atoms with E-state index in [0.29, 0.717) is 26.3 Å². The summed E-state index contributed by atoms with van der Waals surface area (Å²) in [6.45, 7) is 4.41. The third kappa shape index (κ3) is 5.72. The normalized spacial score (nSPS) is 16.0. The highest BCUT2D eigenvalue weighted by Crippen LogP contribution is 2.21. The van der Waals surface area contributed by atoms with Crippen molar-refractivity contribution in [2.45, 2.75) is 12.6 Å². The number of nitrogens with zero attached hydrogens (tertiary/aromatic N) is 4. The Labute approximate surface area is 187 Å². The molecule has 1 atom stereocenters. The lowest BCUT2D eigenvalue weighted by atomic mass is 10.0. The number of halogens is 1. The molecule has 3 aromatic rings. The Morgan fingerprint density at radius 3 is 2.50 bits per heavy atom. The molecule has 7 nitrogen and oxygen atoms in total. The molecule has 4 rings (SSSR count). The fourth-order valence-corrected chi connectivity index (χ4v) is 3.82. The van der Waals surface area contributed by atoms with Gasteiger partial charge in [0.05, 0.1) is 24.9 Å². The van der Waals surface area contributed by atoms with E-state index in [2.05, 4.69) is 37.8 Å². The maximum Gasteiger partial charge on any atom is 0.191 e. The van der Waals surface area contributed by atoms with Crippen molar-refractivity contribution in [1.29, 1.82) is 0 Å². The lowest BCUT2D eigenvalue weighted by Crippen LogP contribution is -2.46. The first-order chi connectivity index (χ1) is 15.7. The molecule has 32 heavy (non-hydrogen) atoms. The summed E-state index contributed by atoms with van der Waals surface area (Å²) in [6.07, 6.45) is 3.69. The second kappa shape index (κ2) is 10.9. The molecule has 1 aromatic heterocycles. The van der Waals surface area contributed by atoms with Gasteiger partial charge in [-0.3, -0.25) is 9.89 Å². The molecule has 1 unspecified atom stereocenters. The van der Waals surface area contributed by atoms with Crippen LogP contribution < -0.4 is 10.6 Å². The van der Waals surface area contributed by atoms with Gasteiger partial charge in [0.2, 0.25) is 0 Å². The summed E-state index contributed by atoms with van der Waals surface area (Å²) in [5.74, 6) is 0.500. The Hall–Kier alpha value is -3.23. The predicted octanol–water partition coefficient (Wildman–Crippen LogP) is 2.75. The van der Waals surface area contributed by atoms with E-state index >= 15 is 0 Å². The van der Waals surface area contributed by atoms with Crippen molar-refractivity contribution in [3.8, 4) is 5.69 Å². The molecular weight excluding hydrogens is 407 g/mol. The summed E-state index contributed by atoms with van der Waals surface area (Å²) in [6, 6.07) is 17.0. The van der Waals surface area contributed by atoms with E-state index in [1.165, 1.54) is 12.1 Å². The zero-order valence-electron chi connectivity index (χ0n) is 18.2. The summed E-state index contributed by atoms with van der Waals surface area (Å²) in [5, 5.41) is 11.1. The van der Waals surface area contributed by atoms with Gasteiger partial charge in [0.1, 0.15) is 5.82 Å². The predicted molar refractivity (Wildman–Crippen MR) is 123 cm³/mol. The minimum Gasteiger partial charge on any atom is -0.379 e. The van der Waals surface area contributed by atoms with Gasteiger partial charge in [-0.2, -0.15) is 5.10 Å². The molecule has 168 valence electrons. The number of morpholine rings is 1. The fraction of sp³-hybridized carbons (Fsp3) is 0.333. The van der Waals surface area contributed by atoms with E-state index in [0.717, 1.165) is 35.9 Å². The quantitative estimate of drug-likeness (QED) is 0.440. The third-order valence-corrected chi connectivity index (χ3v) is 5.59. The minimum atomic E-state index is -0.224. The zero-order chi connectivity index (χ0) is 22.2. The van der Waals surface area contributed by atoms with Crippen LogP contribution in [-0.4, -0.2) is 60.5 Å². The largest absolute Gasteiger partial charge is 0.379 e. The van der Waals surface area contributed by atoms with Crippen LogP contribution in [0.25, 0.3) is 5.69 Å². The molecule has 2 heterocycles. The Kier molecular flexibility index (Phi) is 7.47. The number of benzene rings is 2. The van der Waals surface area contributed by atoms with Gasteiger partial charge in [0.15, 0.2) is 5.96 Å². The molecule has 0 spiro atoms. The Morgan fingerprint density at radius 1 is 1.09 bits per heavy atom. The highest BCUT2D eigenvalue weighted by molar-refractivity contribution is 5.79. The SMILES string of the molecule is CN=C(NCc1ccc(-n2cccn2)cc1)NCC(c1ccc(F)cc1)N1CCOCC1. The van der Waals surface area contributed by atoms with E-state index in [-0.39, 0.29) is 11.9 Å². The maximum absolute atomic E-state index is 13.4. The number of aromatic nitrogens is 2. The van der Waals surface area contributed by atoms with Gasteiger partial charge in [-0.25, -0.2) is 9.07 Å². The smallest absolute Gasteiger partial charge is 0.191 e. The summed E-state index contributed by atoms with van der Waals surface area (Å²) < 4.78 is 20.8. The number of nitrogens with one attached hydrogen (secondary N) is 2. The van der Waals surface area contributed by atoms with E-state index in [1.807, 2.05) is 41.2 Å². The molecule has 0 saturated carbocycles. The molecule has 1 fully saturated rings.